The molecule has 2 fully saturated rings. The molecule has 136 valence electrons. The standard InChI is InChI=1S/C20H28N2O3/c1-15(23)21-16-8-7-13-22(14-16)20(24)18-11-5-6-12-19(18)25-17-9-3-2-4-10-17/h5-6,11-12,16-17H,2-4,7-10,13-14H2,1H3,(H,21,23)/t16-/m1/s1. The van der Waals surface area contributed by atoms with E-state index in [1.807, 2.05) is 29.2 Å². The van der Waals surface area contributed by atoms with Crippen LogP contribution in [0.3, 0.4) is 0 Å². The van der Waals surface area contributed by atoms with Gasteiger partial charge in [-0.15, -0.1) is 0 Å². The second-order valence-corrected chi connectivity index (χ2v) is 7.16. The van der Waals surface area contributed by atoms with Crippen LogP contribution in [0, 0.1) is 0 Å². The lowest BCUT2D eigenvalue weighted by molar-refractivity contribution is -0.120. The number of benzene rings is 1. The topological polar surface area (TPSA) is 58.6 Å². The molecule has 1 saturated carbocycles. The fourth-order valence-electron chi connectivity index (χ4n) is 3.85. The van der Waals surface area contributed by atoms with Crippen molar-refractivity contribution < 1.29 is 14.3 Å². The molecule has 25 heavy (non-hydrogen) atoms. The maximum absolute atomic E-state index is 13.0. The Labute approximate surface area is 149 Å². The number of amides is 2. The third-order valence-electron chi connectivity index (χ3n) is 5.08. The smallest absolute Gasteiger partial charge is 0.257 e. The van der Waals surface area contributed by atoms with E-state index in [2.05, 4.69) is 5.32 Å². The van der Waals surface area contributed by atoms with Gasteiger partial charge in [-0.3, -0.25) is 9.59 Å². The molecular weight excluding hydrogens is 316 g/mol. The molecule has 0 bridgehead atoms. The first-order valence-corrected chi connectivity index (χ1v) is 9.45. The van der Waals surface area contributed by atoms with Gasteiger partial charge in [0.15, 0.2) is 0 Å². The molecule has 1 N–H and O–H groups in total. The summed E-state index contributed by atoms with van der Waals surface area (Å²) in [6, 6.07) is 7.60. The normalized spacial score (nSPS) is 21.6. The van der Waals surface area contributed by atoms with E-state index in [1.54, 1.807) is 0 Å². The molecule has 1 aliphatic heterocycles. The van der Waals surface area contributed by atoms with Crippen LogP contribution in [0.2, 0.25) is 0 Å². The number of nitrogens with zero attached hydrogens (tertiary/aromatic N) is 1. The van der Waals surface area contributed by atoms with Gasteiger partial charge in [-0.05, 0) is 50.7 Å². The van der Waals surface area contributed by atoms with E-state index in [1.165, 1.54) is 26.2 Å². The van der Waals surface area contributed by atoms with Crippen molar-refractivity contribution in [2.24, 2.45) is 0 Å². The van der Waals surface area contributed by atoms with Crippen molar-refractivity contribution in [3.05, 3.63) is 29.8 Å². The highest BCUT2D eigenvalue weighted by Gasteiger charge is 2.27. The summed E-state index contributed by atoms with van der Waals surface area (Å²) < 4.78 is 6.17. The van der Waals surface area contributed by atoms with Crippen molar-refractivity contribution in [3.63, 3.8) is 0 Å². The molecule has 2 amide bonds. The van der Waals surface area contributed by atoms with Gasteiger partial charge in [0.05, 0.1) is 11.7 Å². The molecule has 2 aliphatic rings. The van der Waals surface area contributed by atoms with Crippen LogP contribution in [0.1, 0.15) is 62.2 Å². The summed E-state index contributed by atoms with van der Waals surface area (Å²) in [6.45, 7) is 2.82. The molecule has 1 heterocycles. The zero-order valence-electron chi connectivity index (χ0n) is 15.0. The molecular formula is C20H28N2O3. The summed E-state index contributed by atoms with van der Waals surface area (Å²) >= 11 is 0. The Balaban J connectivity index is 1.69. The number of rotatable bonds is 4. The van der Waals surface area contributed by atoms with E-state index >= 15 is 0 Å². The maximum atomic E-state index is 13.0. The number of para-hydroxylation sites is 1. The van der Waals surface area contributed by atoms with Crippen LogP contribution < -0.4 is 10.1 Å². The summed E-state index contributed by atoms with van der Waals surface area (Å²) in [5.74, 6) is 0.655. The van der Waals surface area contributed by atoms with Crippen LogP contribution in [-0.4, -0.2) is 41.9 Å². The molecule has 0 radical (unpaired) electrons. The molecule has 1 aliphatic carbocycles. The zero-order chi connectivity index (χ0) is 17.6. The van der Waals surface area contributed by atoms with Crippen LogP contribution in [0.5, 0.6) is 5.75 Å². The van der Waals surface area contributed by atoms with Crippen LogP contribution in [0.15, 0.2) is 24.3 Å². The lowest BCUT2D eigenvalue weighted by Gasteiger charge is -2.33. The summed E-state index contributed by atoms with van der Waals surface area (Å²) in [6.07, 6.45) is 7.85. The molecule has 5 heteroatoms. The Hall–Kier alpha value is -2.04. The van der Waals surface area contributed by atoms with E-state index in [-0.39, 0.29) is 24.0 Å². The van der Waals surface area contributed by atoms with Crippen LogP contribution >= 0.6 is 0 Å². The van der Waals surface area contributed by atoms with Gasteiger partial charge in [-0.2, -0.15) is 0 Å². The van der Waals surface area contributed by atoms with Crippen molar-refractivity contribution >= 4 is 11.8 Å². The average molecular weight is 344 g/mol. The highest BCUT2D eigenvalue weighted by molar-refractivity contribution is 5.97. The van der Waals surface area contributed by atoms with E-state index in [4.69, 9.17) is 4.74 Å². The number of nitrogens with one attached hydrogen (secondary N) is 1. The van der Waals surface area contributed by atoms with Gasteiger partial charge in [0.25, 0.3) is 5.91 Å². The molecule has 5 nitrogen and oxygen atoms in total. The van der Waals surface area contributed by atoms with Gasteiger partial charge in [0.1, 0.15) is 5.75 Å². The number of hydrogen-bond acceptors (Lipinski definition) is 3. The minimum absolute atomic E-state index is 0.00135. The van der Waals surface area contributed by atoms with Crippen molar-refractivity contribution in [1.82, 2.24) is 10.2 Å². The lowest BCUT2D eigenvalue weighted by atomic mass is 9.97. The number of hydrogen-bond donors (Lipinski definition) is 1. The first-order chi connectivity index (χ1) is 12.1. The minimum Gasteiger partial charge on any atom is -0.490 e. The summed E-state index contributed by atoms with van der Waals surface area (Å²) in [5.41, 5.74) is 0.636. The van der Waals surface area contributed by atoms with Crippen LogP contribution in [0.4, 0.5) is 0 Å². The van der Waals surface area contributed by atoms with Crippen LogP contribution in [-0.2, 0) is 4.79 Å². The van der Waals surface area contributed by atoms with E-state index in [0.29, 0.717) is 17.9 Å². The third kappa shape index (κ3) is 4.74. The second-order valence-electron chi connectivity index (χ2n) is 7.16. The first-order valence-electron chi connectivity index (χ1n) is 9.45. The predicted octanol–water partition coefficient (Wildman–Crippen LogP) is 3.14. The fourth-order valence-corrected chi connectivity index (χ4v) is 3.85. The van der Waals surface area contributed by atoms with Gasteiger partial charge in [-0.25, -0.2) is 0 Å². The second kappa shape index (κ2) is 8.37. The molecule has 1 aromatic carbocycles. The largest absolute Gasteiger partial charge is 0.490 e. The first kappa shape index (κ1) is 17.8. The lowest BCUT2D eigenvalue weighted by Crippen LogP contribution is -2.49. The molecule has 0 unspecified atom stereocenters. The molecule has 1 aromatic rings. The molecule has 1 atom stereocenters. The quantitative estimate of drug-likeness (QED) is 0.913. The van der Waals surface area contributed by atoms with Gasteiger partial charge in [0, 0.05) is 26.1 Å². The maximum Gasteiger partial charge on any atom is 0.257 e. The monoisotopic (exact) mass is 344 g/mol. The fraction of sp³-hybridized carbons (Fsp3) is 0.600. The van der Waals surface area contributed by atoms with Crippen molar-refractivity contribution in [2.45, 2.75) is 64.0 Å². The van der Waals surface area contributed by atoms with Crippen molar-refractivity contribution in [2.75, 3.05) is 13.1 Å². The van der Waals surface area contributed by atoms with E-state index in [0.717, 1.165) is 32.2 Å². The van der Waals surface area contributed by atoms with Gasteiger partial charge in [0.2, 0.25) is 5.91 Å². The Morgan fingerprint density at radius 1 is 1.08 bits per heavy atom. The zero-order valence-corrected chi connectivity index (χ0v) is 15.0. The number of piperidine rings is 1. The number of carbonyl (C=O) groups excluding carboxylic acids is 2. The average Bonchev–Trinajstić information content (AvgIpc) is 2.62. The number of ether oxygens (including phenoxy) is 1. The van der Waals surface area contributed by atoms with Gasteiger partial charge < -0.3 is 15.0 Å². The number of carbonyl (C=O) groups is 2. The van der Waals surface area contributed by atoms with Gasteiger partial charge in [-0.1, -0.05) is 18.6 Å². The Morgan fingerprint density at radius 3 is 2.60 bits per heavy atom. The van der Waals surface area contributed by atoms with E-state index < -0.39 is 0 Å². The predicted molar refractivity (Wildman–Crippen MR) is 96.7 cm³/mol. The molecule has 1 saturated heterocycles. The van der Waals surface area contributed by atoms with Gasteiger partial charge >= 0.3 is 0 Å². The Kier molecular flexibility index (Phi) is 5.95. The van der Waals surface area contributed by atoms with Crippen molar-refractivity contribution in [3.8, 4) is 5.75 Å². The summed E-state index contributed by atoms with van der Waals surface area (Å²) in [4.78, 5) is 26.2. The minimum atomic E-state index is -0.0414. The Morgan fingerprint density at radius 2 is 1.84 bits per heavy atom. The molecule has 3 rings (SSSR count). The van der Waals surface area contributed by atoms with Crippen LogP contribution in [0.25, 0.3) is 0 Å². The summed E-state index contributed by atoms with van der Waals surface area (Å²) in [5, 5.41) is 2.93. The van der Waals surface area contributed by atoms with E-state index in [9.17, 15) is 9.59 Å². The van der Waals surface area contributed by atoms with Crippen molar-refractivity contribution in [1.29, 1.82) is 0 Å². The highest BCUT2D eigenvalue weighted by Crippen LogP contribution is 2.27. The third-order valence-corrected chi connectivity index (χ3v) is 5.08. The Bertz CT molecular complexity index is 611. The highest BCUT2D eigenvalue weighted by atomic mass is 16.5. The molecule has 0 spiro atoms. The summed E-state index contributed by atoms with van der Waals surface area (Å²) in [7, 11) is 0. The molecule has 0 aromatic heterocycles. The SMILES string of the molecule is CC(=O)N[C@@H]1CCCN(C(=O)c2ccccc2OC2CCCCC2)C1. The number of likely N-dealkylation sites (tertiary alicyclic amines) is 1.